The Morgan fingerprint density at radius 3 is 2.78 bits per heavy atom. The van der Waals surface area contributed by atoms with E-state index in [2.05, 4.69) is 27.2 Å². The van der Waals surface area contributed by atoms with Gasteiger partial charge in [-0.15, -0.1) is 0 Å². The summed E-state index contributed by atoms with van der Waals surface area (Å²) in [4.78, 5) is 19.8. The van der Waals surface area contributed by atoms with Crippen LogP contribution in [0.5, 0.6) is 0 Å². The van der Waals surface area contributed by atoms with E-state index in [0.717, 1.165) is 24.8 Å². The van der Waals surface area contributed by atoms with Crippen molar-refractivity contribution in [3.63, 3.8) is 0 Å². The van der Waals surface area contributed by atoms with Crippen LogP contribution in [-0.2, 0) is 0 Å². The minimum absolute atomic E-state index is 0.169. The first kappa shape index (κ1) is 14.2. The minimum Gasteiger partial charge on any atom is -0.306 e. The molecule has 2 aromatic heterocycles. The third-order valence-corrected chi connectivity index (χ3v) is 4.42. The smallest absolute Gasteiger partial charge is 0.262 e. The molecule has 1 aliphatic carbocycles. The zero-order valence-electron chi connectivity index (χ0n) is 12.4. The Morgan fingerprint density at radius 1 is 1.22 bits per heavy atom. The molecule has 1 aromatic carbocycles. The number of nitrogens with one attached hydrogen (secondary N) is 1. The number of halogens is 1. The summed E-state index contributed by atoms with van der Waals surface area (Å²) in [6.45, 7) is 0. The molecule has 1 aliphatic rings. The van der Waals surface area contributed by atoms with Gasteiger partial charge in [0.1, 0.15) is 11.2 Å². The number of H-pyrrole nitrogens is 1. The van der Waals surface area contributed by atoms with Crippen LogP contribution >= 0.6 is 11.6 Å². The summed E-state index contributed by atoms with van der Waals surface area (Å²) in [6, 6.07) is 7.51. The Bertz CT molecular complexity index is 939. The normalized spacial score (nSPS) is 17.7. The van der Waals surface area contributed by atoms with E-state index < -0.39 is 0 Å². The predicted octanol–water partition coefficient (Wildman–Crippen LogP) is 3.72. The van der Waals surface area contributed by atoms with Gasteiger partial charge in [-0.05, 0) is 43.5 Å². The zero-order chi connectivity index (χ0) is 15.8. The summed E-state index contributed by atoms with van der Waals surface area (Å²) in [5.74, 6) is 0.535. The number of aromatic nitrogens is 4. The number of hydrogen-bond donors (Lipinski definition) is 1. The van der Waals surface area contributed by atoms with Crippen LogP contribution in [-0.4, -0.2) is 19.7 Å². The van der Waals surface area contributed by atoms with Gasteiger partial charge in [0.2, 0.25) is 0 Å². The Balaban J connectivity index is 1.86. The number of aromatic amines is 1. The second-order valence-corrected chi connectivity index (χ2v) is 6.12. The van der Waals surface area contributed by atoms with Crippen LogP contribution in [0.25, 0.3) is 22.4 Å². The molecule has 1 N–H and O–H groups in total. The maximum absolute atomic E-state index is 12.3. The lowest BCUT2D eigenvalue weighted by atomic mass is 10.0. The number of allylic oxidation sites excluding steroid dienone is 2. The molecule has 0 aliphatic heterocycles. The Hall–Kier alpha value is -2.40. The Kier molecular flexibility index (Phi) is 3.50. The summed E-state index contributed by atoms with van der Waals surface area (Å²) in [5.41, 5.74) is 1.29. The van der Waals surface area contributed by atoms with E-state index in [9.17, 15) is 4.79 Å². The van der Waals surface area contributed by atoms with Crippen molar-refractivity contribution < 1.29 is 0 Å². The lowest BCUT2D eigenvalue weighted by molar-refractivity contribution is 0.430. The Morgan fingerprint density at radius 2 is 2.04 bits per heavy atom. The fourth-order valence-corrected chi connectivity index (χ4v) is 3.07. The Labute approximate surface area is 137 Å². The topological polar surface area (TPSA) is 63.6 Å². The second-order valence-electron chi connectivity index (χ2n) is 5.69. The number of nitrogens with zero attached hydrogens (tertiary/aromatic N) is 3. The summed E-state index contributed by atoms with van der Waals surface area (Å²) in [5, 5.41) is 5.58. The summed E-state index contributed by atoms with van der Waals surface area (Å²) in [6.07, 6.45) is 8.90. The highest BCUT2D eigenvalue weighted by molar-refractivity contribution is 6.30. The standard InChI is InChI=1S/C17H15ClN4O/c18-12-8-6-11(7-9-12)15-20-16-14(17(23)21-15)10-19-22(16)13-4-2-1-3-5-13/h1-2,6-10,13H,3-5H2,(H,20,21,23). The van der Waals surface area contributed by atoms with Gasteiger partial charge in [-0.3, -0.25) is 4.79 Å². The molecular weight excluding hydrogens is 312 g/mol. The molecule has 2 heterocycles. The van der Waals surface area contributed by atoms with Crippen molar-refractivity contribution in [1.82, 2.24) is 19.7 Å². The summed E-state index contributed by atoms with van der Waals surface area (Å²) < 4.78 is 1.88. The highest BCUT2D eigenvalue weighted by Crippen LogP contribution is 2.26. The quantitative estimate of drug-likeness (QED) is 0.730. The van der Waals surface area contributed by atoms with Crippen molar-refractivity contribution >= 4 is 22.6 Å². The van der Waals surface area contributed by atoms with E-state index in [-0.39, 0.29) is 11.6 Å². The molecule has 0 saturated heterocycles. The fraction of sp³-hybridized carbons (Fsp3) is 0.235. The average molecular weight is 327 g/mol. The van der Waals surface area contributed by atoms with Crippen molar-refractivity contribution in [1.29, 1.82) is 0 Å². The van der Waals surface area contributed by atoms with Crippen LogP contribution in [0, 0.1) is 0 Å². The van der Waals surface area contributed by atoms with Gasteiger partial charge in [-0.25, -0.2) is 9.67 Å². The first-order valence-corrected chi connectivity index (χ1v) is 7.98. The lowest BCUT2D eigenvalue weighted by Crippen LogP contribution is -2.15. The van der Waals surface area contributed by atoms with Crippen molar-refractivity contribution in [2.24, 2.45) is 0 Å². The first-order valence-electron chi connectivity index (χ1n) is 7.61. The lowest BCUT2D eigenvalue weighted by Gasteiger charge is -2.18. The maximum Gasteiger partial charge on any atom is 0.262 e. The van der Waals surface area contributed by atoms with Crippen molar-refractivity contribution in [3.05, 3.63) is 58.0 Å². The van der Waals surface area contributed by atoms with E-state index >= 15 is 0 Å². The van der Waals surface area contributed by atoms with Crippen LogP contribution in [0.15, 0.2) is 47.4 Å². The van der Waals surface area contributed by atoms with Gasteiger partial charge in [-0.2, -0.15) is 5.10 Å². The van der Waals surface area contributed by atoms with Crippen molar-refractivity contribution in [2.75, 3.05) is 0 Å². The van der Waals surface area contributed by atoms with Gasteiger partial charge in [0.05, 0.1) is 12.2 Å². The number of fused-ring (bicyclic) bond motifs is 1. The van der Waals surface area contributed by atoms with Gasteiger partial charge in [0.25, 0.3) is 5.56 Å². The van der Waals surface area contributed by atoms with Crippen LogP contribution in [0.1, 0.15) is 25.3 Å². The molecule has 116 valence electrons. The minimum atomic E-state index is -0.169. The van der Waals surface area contributed by atoms with Gasteiger partial charge in [0.15, 0.2) is 5.65 Å². The van der Waals surface area contributed by atoms with Crippen LogP contribution in [0.2, 0.25) is 5.02 Å². The van der Waals surface area contributed by atoms with E-state index in [1.807, 2.05) is 16.8 Å². The molecule has 0 fully saturated rings. The highest BCUT2D eigenvalue weighted by atomic mass is 35.5. The molecule has 1 atom stereocenters. The zero-order valence-corrected chi connectivity index (χ0v) is 13.1. The molecule has 6 heteroatoms. The van der Waals surface area contributed by atoms with Crippen molar-refractivity contribution in [3.8, 4) is 11.4 Å². The number of benzene rings is 1. The third-order valence-electron chi connectivity index (χ3n) is 4.17. The number of hydrogen-bond acceptors (Lipinski definition) is 3. The van der Waals surface area contributed by atoms with Gasteiger partial charge < -0.3 is 4.98 Å². The second kappa shape index (κ2) is 5.66. The molecular formula is C17H15ClN4O. The fourth-order valence-electron chi connectivity index (χ4n) is 2.95. The molecule has 0 bridgehead atoms. The van der Waals surface area contributed by atoms with Gasteiger partial charge >= 0.3 is 0 Å². The molecule has 0 spiro atoms. The maximum atomic E-state index is 12.3. The molecule has 0 saturated carbocycles. The van der Waals surface area contributed by atoms with E-state index in [4.69, 9.17) is 11.6 Å². The molecule has 5 nitrogen and oxygen atoms in total. The summed E-state index contributed by atoms with van der Waals surface area (Å²) >= 11 is 5.92. The number of rotatable bonds is 2. The monoisotopic (exact) mass is 326 g/mol. The van der Waals surface area contributed by atoms with Gasteiger partial charge in [0, 0.05) is 10.6 Å². The van der Waals surface area contributed by atoms with E-state index in [1.54, 1.807) is 18.3 Å². The van der Waals surface area contributed by atoms with Crippen LogP contribution in [0.3, 0.4) is 0 Å². The van der Waals surface area contributed by atoms with Crippen LogP contribution < -0.4 is 5.56 Å². The first-order chi connectivity index (χ1) is 11.2. The van der Waals surface area contributed by atoms with Crippen LogP contribution in [0.4, 0.5) is 0 Å². The third kappa shape index (κ3) is 2.57. The largest absolute Gasteiger partial charge is 0.306 e. The van der Waals surface area contributed by atoms with Gasteiger partial charge in [-0.1, -0.05) is 23.8 Å². The molecule has 3 aromatic rings. The molecule has 0 radical (unpaired) electrons. The van der Waals surface area contributed by atoms with E-state index in [0.29, 0.717) is 21.9 Å². The predicted molar refractivity (Wildman–Crippen MR) is 90.6 cm³/mol. The molecule has 1 unspecified atom stereocenters. The molecule has 4 rings (SSSR count). The summed E-state index contributed by atoms with van der Waals surface area (Å²) in [7, 11) is 0. The molecule has 0 amide bonds. The van der Waals surface area contributed by atoms with Crippen molar-refractivity contribution in [2.45, 2.75) is 25.3 Å². The molecule has 23 heavy (non-hydrogen) atoms. The average Bonchev–Trinajstić information content (AvgIpc) is 3.01. The highest BCUT2D eigenvalue weighted by Gasteiger charge is 2.18. The SMILES string of the molecule is O=c1[nH]c(-c2ccc(Cl)cc2)nc2c1cnn2C1CC=CCC1. The van der Waals surface area contributed by atoms with E-state index in [1.165, 1.54) is 0 Å².